The van der Waals surface area contributed by atoms with E-state index >= 15 is 0 Å². The van der Waals surface area contributed by atoms with Gasteiger partial charge in [0.2, 0.25) is 0 Å². The van der Waals surface area contributed by atoms with E-state index in [1.165, 1.54) is 0 Å². The van der Waals surface area contributed by atoms with Crippen molar-refractivity contribution in [2.24, 2.45) is 0 Å². The Morgan fingerprint density at radius 2 is 1.89 bits per heavy atom. The van der Waals surface area contributed by atoms with Crippen molar-refractivity contribution < 1.29 is 17.6 Å². The van der Waals surface area contributed by atoms with Crippen LogP contribution < -0.4 is 5.56 Å². The molecule has 2 aromatic rings. The molecule has 1 aromatic heterocycles. The smallest absolute Gasteiger partial charge is 0.313 e. The third kappa shape index (κ3) is 2.39. The first-order chi connectivity index (χ1) is 8.38. The molecule has 0 atom stereocenters. The summed E-state index contributed by atoms with van der Waals surface area (Å²) in [5, 5.41) is 0. The van der Waals surface area contributed by atoms with Gasteiger partial charge >= 0.3 is 6.18 Å². The maximum absolute atomic E-state index is 13.1. The second kappa shape index (κ2) is 4.25. The molecule has 0 unspecified atom stereocenters. The van der Waals surface area contributed by atoms with Crippen LogP contribution in [0.2, 0.25) is 0 Å². The predicted octanol–water partition coefficient (Wildman–Crippen LogP) is 2.59. The van der Waals surface area contributed by atoms with E-state index in [9.17, 15) is 22.4 Å². The van der Waals surface area contributed by atoms with E-state index in [1.807, 2.05) is 0 Å². The Hall–Kier alpha value is -2.18. The topological polar surface area (TPSA) is 45.8 Å². The molecule has 1 aromatic carbocycles. The van der Waals surface area contributed by atoms with Gasteiger partial charge in [0.25, 0.3) is 5.56 Å². The van der Waals surface area contributed by atoms with Gasteiger partial charge in [-0.25, -0.2) is 9.37 Å². The van der Waals surface area contributed by atoms with Gasteiger partial charge < -0.3 is 4.98 Å². The summed E-state index contributed by atoms with van der Waals surface area (Å²) in [6.45, 7) is 0. The van der Waals surface area contributed by atoms with Crippen LogP contribution in [0.3, 0.4) is 0 Å². The van der Waals surface area contributed by atoms with Crippen LogP contribution in [-0.2, 0) is 6.18 Å². The molecule has 0 aliphatic carbocycles. The molecule has 18 heavy (non-hydrogen) atoms. The monoisotopic (exact) mass is 258 g/mol. The molecule has 3 nitrogen and oxygen atoms in total. The molecule has 0 aliphatic rings. The molecule has 94 valence electrons. The Balaban J connectivity index is 2.58. The van der Waals surface area contributed by atoms with Gasteiger partial charge in [0.05, 0.1) is 17.6 Å². The van der Waals surface area contributed by atoms with Gasteiger partial charge in [0.15, 0.2) is 0 Å². The maximum atomic E-state index is 13.1. The summed E-state index contributed by atoms with van der Waals surface area (Å²) in [5.74, 6) is -1.36. The van der Waals surface area contributed by atoms with Crippen LogP contribution in [0.1, 0.15) is 5.56 Å². The summed E-state index contributed by atoms with van der Waals surface area (Å²) in [6.07, 6.45) is -3.73. The Morgan fingerprint density at radius 3 is 2.50 bits per heavy atom. The van der Waals surface area contributed by atoms with Crippen LogP contribution in [-0.4, -0.2) is 9.97 Å². The molecule has 0 amide bonds. The first kappa shape index (κ1) is 12.3. The highest BCUT2D eigenvalue weighted by Gasteiger charge is 2.34. The zero-order chi connectivity index (χ0) is 13.3. The third-order valence-electron chi connectivity index (χ3n) is 2.25. The molecule has 0 saturated carbocycles. The van der Waals surface area contributed by atoms with Crippen molar-refractivity contribution in [2.75, 3.05) is 0 Å². The van der Waals surface area contributed by atoms with Gasteiger partial charge in [-0.3, -0.25) is 4.79 Å². The van der Waals surface area contributed by atoms with Crippen LogP contribution in [0.4, 0.5) is 17.6 Å². The summed E-state index contributed by atoms with van der Waals surface area (Å²) in [5.41, 5.74) is -1.82. The molecular formula is C11H6F4N2O. The summed E-state index contributed by atoms with van der Waals surface area (Å²) in [4.78, 5) is 17.0. The van der Waals surface area contributed by atoms with Crippen molar-refractivity contribution >= 4 is 0 Å². The fourth-order valence-corrected chi connectivity index (χ4v) is 1.43. The Labute approximate surface area is 98.1 Å². The minimum absolute atomic E-state index is 0.0230. The molecule has 1 heterocycles. The average Bonchev–Trinajstić information content (AvgIpc) is 2.28. The van der Waals surface area contributed by atoms with Crippen molar-refractivity contribution in [3.8, 4) is 11.3 Å². The minimum Gasteiger partial charge on any atom is -0.313 e. The van der Waals surface area contributed by atoms with Crippen molar-refractivity contribution in [2.45, 2.75) is 6.18 Å². The highest BCUT2D eigenvalue weighted by Crippen LogP contribution is 2.33. The van der Waals surface area contributed by atoms with Crippen molar-refractivity contribution in [1.29, 1.82) is 0 Å². The summed E-state index contributed by atoms with van der Waals surface area (Å²) in [6, 6.07) is 3.48. The first-order valence-corrected chi connectivity index (χ1v) is 4.80. The van der Waals surface area contributed by atoms with E-state index in [1.54, 1.807) is 0 Å². The first-order valence-electron chi connectivity index (χ1n) is 4.80. The summed E-state index contributed by atoms with van der Waals surface area (Å²) < 4.78 is 50.5. The highest BCUT2D eigenvalue weighted by atomic mass is 19.4. The molecule has 2 rings (SSSR count). The number of halogens is 4. The molecule has 0 bridgehead atoms. The molecule has 7 heteroatoms. The standard InChI is InChI=1S/C11H6F4N2O/c12-8-2-1-6(3-7(8)11(13,14)15)9-4-10(18)17-5-16-9/h1-5H,(H,16,17,18). The fourth-order valence-electron chi connectivity index (χ4n) is 1.43. The van der Waals surface area contributed by atoms with Crippen molar-refractivity contribution in [3.05, 3.63) is 52.3 Å². The van der Waals surface area contributed by atoms with E-state index in [2.05, 4.69) is 9.97 Å². The lowest BCUT2D eigenvalue weighted by molar-refractivity contribution is -0.139. The van der Waals surface area contributed by atoms with Gasteiger partial charge in [0.1, 0.15) is 5.82 Å². The second-order valence-corrected chi connectivity index (χ2v) is 3.49. The Kier molecular flexibility index (Phi) is 2.90. The lowest BCUT2D eigenvalue weighted by atomic mass is 10.1. The van der Waals surface area contributed by atoms with E-state index in [0.29, 0.717) is 12.1 Å². The second-order valence-electron chi connectivity index (χ2n) is 3.49. The Morgan fingerprint density at radius 1 is 1.17 bits per heavy atom. The van der Waals surface area contributed by atoms with Gasteiger partial charge in [-0.1, -0.05) is 0 Å². The lowest BCUT2D eigenvalue weighted by Gasteiger charge is -2.09. The van der Waals surface area contributed by atoms with E-state index in [0.717, 1.165) is 18.5 Å². The quantitative estimate of drug-likeness (QED) is 0.799. The number of nitrogens with one attached hydrogen (secondary N) is 1. The van der Waals surface area contributed by atoms with Crippen LogP contribution >= 0.6 is 0 Å². The number of hydrogen-bond acceptors (Lipinski definition) is 2. The minimum atomic E-state index is -4.79. The summed E-state index contributed by atoms with van der Waals surface area (Å²) >= 11 is 0. The molecule has 0 spiro atoms. The van der Waals surface area contributed by atoms with E-state index in [-0.39, 0.29) is 11.3 Å². The van der Waals surface area contributed by atoms with E-state index in [4.69, 9.17) is 0 Å². The van der Waals surface area contributed by atoms with Crippen LogP contribution in [0.5, 0.6) is 0 Å². The summed E-state index contributed by atoms with van der Waals surface area (Å²) in [7, 11) is 0. The van der Waals surface area contributed by atoms with Gasteiger partial charge in [-0.2, -0.15) is 13.2 Å². The van der Waals surface area contributed by atoms with Crippen LogP contribution in [0, 0.1) is 5.82 Å². The molecular weight excluding hydrogens is 252 g/mol. The number of rotatable bonds is 1. The molecule has 1 N–H and O–H groups in total. The van der Waals surface area contributed by atoms with Gasteiger partial charge in [-0.05, 0) is 18.2 Å². The Bertz CT molecular complexity index is 633. The van der Waals surface area contributed by atoms with Gasteiger partial charge in [-0.15, -0.1) is 0 Å². The highest BCUT2D eigenvalue weighted by molar-refractivity contribution is 5.59. The zero-order valence-electron chi connectivity index (χ0n) is 8.75. The van der Waals surface area contributed by atoms with E-state index < -0.39 is 23.1 Å². The number of H-pyrrole nitrogens is 1. The zero-order valence-corrected chi connectivity index (χ0v) is 8.75. The third-order valence-corrected chi connectivity index (χ3v) is 2.25. The number of benzene rings is 1. The predicted molar refractivity (Wildman–Crippen MR) is 55.3 cm³/mol. The normalized spacial score (nSPS) is 11.6. The largest absolute Gasteiger partial charge is 0.419 e. The van der Waals surface area contributed by atoms with Crippen LogP contribution in [0.25, 0.3) is 11.3 Å². The number of aromatic nitrogens is 2. The lowest BCUT2D eigenvalue weighted by Crippen LogP contribution is -2.09. The molecule has 0 radical (unpaired) electrons. The van der Waals surface area contributed by atoms with Crippen molar-refractivity contribution in [1.82, 2.24) is 9.97 Å². The number of hydrogen-bond donors (Lipinski definition) is 1. The maximum Gasteiger partial charge on any atom is 0.419 e. The molecule has 0 saturated heterocycles. The number of nitrogens with zero attached hydrogens (tertiary/aromatic N) is 1. The van der Waals surface area contributed by atoms with Crippen molar-refractivity contribution in [3.63, 3.8) is 0 Å². The molecule has 0 aliphatic heterocycles. The van der Waals surface area contributed by atoms with Crippen LogP contribution in [0.15, 0.2) is 35.4 Å². The number of alkyl halides is 3. The van der Waals surface area contributed by atoms with Gasteiger partial charge in [0, 0.05) is 11.6 Å². The number of aromatic amines is 1. The SMILES string of the molecule is O=c1cc(-c2ccc(F)c(C(F)(F)F)c2)nc[nH]1. The molecule has 0 fully saturated rings. The average molecular weight is 258 g/mol. The fraction of sp³-hybridized carbons (Fsp3) is 0.0909.